The van der Waals surface area contributed by atoms with E-state index in [1.165, 1.54) is 3.97 Å². The summed E-state index contributed by atoms with van der Waals surface area (Å²) in [5, 5.41) is 0. The zero-order chi connectivity index (χ0) is 13.2. The zero-order valence-corrected chi connectivity index (χ0v) is 11.0. The second-order valence-electron chi connectivity index (χ2n) is 4.23. The molecule has 0 spiro atoms. The summed E-state index contributed by atoms with van der Waals surface area (Å²) in [7, 11) is -3.48. The van der Waals surface area contributed by atoms with E-state index in [0.717, 1.165) is 5.56 Å². The minimum Gasteiger partial charge on any atom is -0.330 e. The highest BCUT2D eigenvalue weighted by Crippen LogP contribution is 2.18. The van der Waals surface area contributed by atoms with Crippen molar-refractivity contribution in [2.24, 2.45) is 5.73 Å². The first-order valence-electron chi connectivity index (χ1n) is 5.74. The maximum absolute atomic E-state index is 12.3. The van der Waals surface area contributed by atoms with Gasteiger partial charge in [-0.15, -0.1) is 0 Å². The summed E-state index contributed by atoms with van der Waals surface area (Å²) in [6.45, 7) is 2.46. The molecule has 0 aliphatic carbocycles. The highest BCUT2D eigenvalue weighted by Gasteiger charge is 2.17. The van der Waals surface area contributed by atoms with Crippen molar-refractivity contribution in [1.82, 2.24) is 3.97 Å². The molecule has 0 saturated carbocycles. The van der Waals surface area contributed by atoms with Crippen molar-refractivity contribution in [3.63, 3.8) is 0 Å². The second-order valence-corrected chi connectivity index (χ2v) is 6.07. The first-order valence-corrected chi connectivity index (χ1v) is 7.18. The molecule has 1 atom stereocenters. The first-order chi connectivity index (χ1) is 8.55. The third kappa shape index (κ3) is 2.32. The van der Waals surface area contributed by atoms with E-state index in [-0.39, 0.29) is 10.8 Å². The van der Waals surface area contributed by atoms with Crippen molar-refractivity contribution in [2.75, 3.05) is 6.54 Å². The molecule has 1 aromatic carbocycles. The predicted molar refractivity (Wildman–Crippen MR) is 70.9 cm³/mol. The number of nitrogens with two attached hydrogens (primary N) is 1. The number of rotatable bonds is 4. The van der Waals surface area contributed by atoms with Crippen LogP contribution in [0.2, 0.25) is 0 Å². The van der Waals surface area contributed by atoms with Gasteiger partial charge in [0.05, 0.1) is 4.90 Å². The molecule has 0 saturated heterocycles. The normalized spacial score (nSPS) is 13.4. The molecule has 2 N–H and O–H groups in total. The summed E-state index contributed by atoms with van der Waals surface area (Å²) in [5.74, 6) is 0.150. The molecule has 1 unspecified atom stereocenters. The lowest BCUT2D eigenvalue weighted by Crippen LogP contribution is -2.11. The second kappa shape index (κ2) is 4.96. The van der Waals surface area contributed by atoms with Gasteiger partial charge in [-0.1, -0.05) is 25.1 Å². The Morgan fingerprint density at radius 2 is 1.89 bits per heavy atom. The highest BCUT2D eigenvalue weighted by molar-refractivity contribution is 7.90. The Morgan fingerprint density at radius 1 is 1.22 bits per heavy atom. The molecular weight excluding hydrogens is 248 g/mol. The summed E-state index contributed by atoms with van der Waals surface area (Å²) < 4.78 is 25.8. The van der Waals surface area contributed by atoms with Crippen LogP contribution in [0.4, 0.5) is 0 Å². The van der Waals surface area contributed by atoms with Gasteiger partial charge in [0, 0.05) is 12.4 Å². The van der Waals surface area contributed by atoms with Crippen molar-refractivity contribution in [3.05, 3.63) is 54.4 Å². The van der Waals surface area contributed by atoms with Crippen LogP contribution in [-0.2, 0) is 10.0 Å². The summed E-state index contributed by atoms with van der Waals surface area (Å²) in [6, 6.07) is 10.2. The van der Waals surface area contributed by atoms with E-state index in [4.69, 9.17) is 5.73 Å². The molecule has 4 nitrogen and oxygen atoms in total. The molecule has 2 aromatic rings. The molecule has 18 heavy (non-hydrogen) atoms. The van der Waals surface area contributed by atoms with Gasteiger partial charge in [0.15, 0.2) is 0 Å². The SMILES string of the molecule is CC(CN)c1ccn(S(=O)(=O)c2ccccc2)c1. The topological polar surface area (TPSA) is 65.1 Å². The molecule has 0 radical (unpaired) electrons. The summed E-state index contributed by atoms with van der Waals surface area (Å²) in [4.78, 5) is 0.285. The standard InChI is InChI=1S/C13H16N2O2S/c1-11(9-14)12-7-8-15(10-12)18(16,17)13-5-3-2-4-6-13/h2-8,10-11H,9,14H2,1H3. The predicted octanol–water partition coefficient (Wildman–Crippen LogP) is 1.79. The van der Waals surface area contributed by atoms with Gasteiger partial charge in [-0.05, 0) is 36.2 Å². The van der Waals surface area contributed by atoms with Crippen LogP contribution in [0.15, 0.2) is 53.7 Å². The van der Waals surface area contributed by atoms with Crippen LogP contribution in [0, 0.1) is 0 Å². The monoisotopic (exact) mass is 264 g/mol. The van der Waals surface area contributed by atoms with Crippen LogP contribution in [0.1, 0.15) is 18.4 Å². The van der Waals surface area contributed by atoms with Crippen molar-refractivity contribution in [3.8, 4) is 0 Å². The third-order valence-electron chi connectivity index (χ3n) is 2.93. The Hall–Kier alpha value is -1.59. The van der Waals surface area contributed by atoms with Crippen LogP contribution in [0.25, 0.3) is 0 Å². The number of hydrogen-bond acceptors (Lipinski definition) is 3. The zero-order valence-electron chi connectivity index (χ0n) is 10.2. The lowest BCUT2D eigenvalue weighted by atomic mass is 10.1. The molecule has 0 aliphatic heterocycles. The maximum Gasteiger partial charge on any atom is 0.267 e. The Balaban J connectivity index is 2.40. The average Bonchev–Trinajstić information content (AvgIpc) is 2.89. The van der Waals surface area contributed by atoms with Crippen molar-refractivity contribution >= 4 is 10.0 Å². The number of nitrogens with zero attached hydrogens (tertiary/aromatic N) is 1. The van der Waals surface area contributed by atoms with Gasteiger partial charge in [-0.3, -0.25) is 0 Å². The third-order valence-corrected chi connectivity index (χ3v) is 4.58. The lowest BCUT2D eigenvalue weighted by Gasteiger charge is -2.06. The van der Waals surface area contributed by atoms with Crippen LogP contribution >= 0.6 is 0 Å². The fourth-order valence-corrected chi connectivity index (χ4v) is 2.91. The molecule has 0 amide bonds. The highest BCUT2D eigenvalue weighted by atomic mass is 32.2. The van der Waals surface area contributed by atoms with E-state index >= 15 is 0 Å². The molecule has 1 aromatic heterocycles. The van der Waals surface area contributed by atoms with Crippen molar-refractivity contribution in [2.45, 2.75) is 17.7 Å². The van der Waals surface area contributed by atoms with Gasteiger partial charge in [0.2, 0.25) is 0 Å². The van der Waals surface area contributed by atoms with E-state index in [0.29, 0.717) is 6.54 Å². The Labute approximate surface area is 107 Å². The first kappa shape index (κ1) is 12.9. The van der Waals surface area contributed by atoms with Gasteiger partial charge >= 0.3 is 0 Å². The largest absolute Gasteiger partial charge is 0.330 e. The number of benzene rings is 1. The molecule has 0 fully saturated rings. The summed E-state index contributed by atoms with van der Waals surface area (Å²) >= 11 is 0. The van der Waals surface area contributed by atoms with E-state index in [1.807, 2.05) is 6.92 Å². The van der Waals surface area contributed by atoms with Gasteiger partial charge in [-0.25, -0.2) is 12.4 Å². The van der Waals surface area contributed by atoms with E-state index in [1.54, 1.807) is 48.8 Å². The molecule has 96 valence electrons. The molecule has 0 aliphatic rings. The smallest absolute Gasteiger partial charge is 0.267 e. The molecule has 0 bridgehead atoms. The van der Waals surface area contributed by atoms with Crippen molar-refractivity contribution < 1.29 is 8.42 Å². The number of hydrogen-bond donors (Lipinski definition) is 1. The van der Waals surface area contributed by atoms with Crippen LogP contribution in [0.3, 0.4) is 0 Å². The van der Waals surface area contributed by atoms with Crippen LogP contribution in [0.5, 0.6) is 0 Å². The van der Waals surface area contributed by atoms with Crippen LogP contribution in [-0.4, -0.2) is 18.9 Å². The Bertz CT molecular complexity index is 617. The van der Waals surface area contributed by atoms with Crippen molar-refractivity contribution in [1.29, 1.82) is 0 Å². The molecule has 2 rings (SSSR count). The summed E-state index contributed by atoms with van der Waals surface area (Å²) in [6.07, 6.45) is 3.18. The van der Waals surface area contributed by atoms with Gasteiger partial charge in [0.25, 0.3) is 10.0 Å². The maximum atomic E-state index is 12.3. The van der Waals surface area contributed by atoms with Gasteiger partial charge in [-0.2, -0.15) is 0 Å². The van der Waals surface area contributed by atoms with Gasteiger partial charge < -0.3 is 5.73 Å². The minimum absolute atomic E-state index is 0.150. The molecule has 5 heteroatoms. The fraction of sp³-hybridized carbons (Fsp3) is 0.231. The lowest BCUT2D eigenvalue weighted by molar-refractivity contribution is 0.587. The molecule has 1 heterocycles. The van der Waals surface area contributed by atoms with Gasteiger partial charge in [0.1, 0.15) is 0 Å². The van der Waals surface area contributed by atoms with E-state index in [9.17, 15) is 8.42 Å². The van der Waals surface area contributed by atoms with E-state index in [2.05, 4.69) is 0 Å². The van der Waals surface area contributed by atoms with E-state index < -0.39 is 10.0 Å². The van der Waals surface area contributed by atoms with Crippen LogP contribution < -0.4 is 5.73 Å². The summed E-state index contributed by atoms with van der Waals surface area (Å²) in [5.41, 5.74) is 6.50. The fourth-order valence-electron chi connectivity index (χ4n) is 1.68. The molecular formula is C13H16N2O2S. The Kier molecular flexibility index (Phi) is 3.54. The quantitative estimate of drug-likeness (QED) is 0.915. The number of aromatic nitrogens is 1. The Morgan fingerprint density at radius 3 is 2.50 bits per heavy atom. The minimum atomic E-state index is -3.48. The average molecular weight is 264 g/mol.